The molecule has 3 aromatic rings. The van der Waals surface area contributed by atoms with Crippen LogP contribution in [0.15, 0.2) is 79.0 Å². The minimum absolute atomic E-state index is 0.289. The van der Waals surface area contributed by atoms with E-state index >= 15 is 0 Å². The lowest BCUT2D eigenvalue weighted by Crippen LogP contribution is -2.31. The Morgan fingerprint density at radius 3 is 2.17 bits per heavy atom. The molecular formula is C20H18ClNO. The van der Waals surface area contributed by atoms with Gasteiger partial charge in [-0.15, -0.1) is 0 Å². The molecule has 3 heteroatoms. The predicted molar refractivity (Wildman–Crippen MR) is 93.5 cm³/mol. The van der Waals surface area contributed by atoms with Crippen LogP contribution < -0.4 is 0 Å². The largest absolute Gasteiger partial charge is 0.384 e. The minimum atomic E-state index is -1.09. The summed E-state index contributed by atoms with van der Waals surface area (Å²) in [5.74, 6) is -0.289. The molecule has 0 amide bonds. The van der Waals surface area contributed by atoms with E-state index in [1.165, 1.54) is 0 Å². The van der Waals surface area contributed by atoms with Crippen LogP contribution in [0.2, 0.25) is 5.02 Å². The van der Waals surface area contributed by atoms with Crippen molar-refractivity contribution in [1.29, 1.82) is 0 Å². The van der Waals surface area contributed by atoms with Gasteiger partial charge in [0, 0.05) is 11.2 Å². The fourth-order valence-corrected chi connectivity index (χ4v) is 3.05. The molecule has 0 saturated heterocycles. The smallest absolute Gasteiger partial charge is 0.0992 e. The van der Waals surface area contributed by atoms with Gasteiger partial charge in [-0.05, 0) is 42.3 Å². The molecule has 1 aromatic heterocycles. The first kappa shape index (κ1) is 15.7. The molecule has 2 nitrogen and oxygen atoms in total. The van der Waals surface area contributed by atoms with Gasteiger partial charge in [0.15, 0.2) is 0 Å². The van der Waals surface area contributed by atoms with Crippen LogP contribution in [0, 0.1) is 0 Å². The number of hydrogen-bond acceptors (Lipinski definition) is 2. The second-order valence-corrected chi connectivity index (χ2v) is 6.19. The van der Waals surface area contributed by atoms with Crippen LogP contribution >= 0.6 is 11.6 Å². The molecule has 0 spiro atoms. The van der Waals surface area contributed by atoms with Crippen molar-refractivity contribution in [3.63, 3.8) is 0 Å². The Labute approximate surface area is 141 Å². The van der Waals surface area contributed by atoms with E-state index < -0.39 is 5.60 Å². The lowest BCUT2D eigenvalue weighted by Gasteiger charge is -2.33. The van der Waals surface area contributed by atoms with E-state index in [-0.39, 0.29) is 5.92 Å². The van der Waals surface area contributed by atoms with Gasteiger partial charge < -0.3 is 5.11 Å². The summed E-state index contributed by atoms with van der Waals surface area (Å²) < 4.78 is 0. The van der Waals surface area contributed by atoms with Crippen LogP contribution in [0.25, 0.3) is 0 Å². The van der Waals surface area contributed by atoms with E-state index in [0.29, 0.717) is 5.02 Å². The lowest BCUT2D eigenvalue weighted by molar-refractivity contribution is 0.0380. The molecule has 0 unspecified atom stereocenters. The van der Waals surface area contributed by atoms with E-state index in [1.807, 2.05) is 79.7 Å². The summed E-state index contributed by atoms with van der Waals surface area (Å²) in [6.45, 7) is 1.83. The maximum atomic E-state index is 11.3. The van der Waals surface area contributed by atoms with Gasteiger partial charge in [-0.1, -0.05) is 60.1 Å². The molecule has 3 rings (SSSR count). The van der Waals surface area contributed by atoms with Gasteiger partial charge in [0.2, 0.25) is 0 Å². The molecule has 0 fully saturated rings. The predicted octanol–water partition coefficient (Wildman–Crippen LogP) is 4.77. The van der Waals surface area contributed by atoms with E-state index in [4.69, 9.17) is 11.6 Å². The van der Waals surface area contributed by atoms with Crippen molar-refractivity contribution in [2.75, 3.05) is 0 Å². The third kappa shape index (κ3) is 3.29. The molecular weight excluding hydrogens is 306 g/mol. The van der Waals surface area contributed by atoms with Crippen molar-refractivity contribution < 1.29 is 5.11 Å². The normalized spacial score (nSPS) is 14.9. The zero-order valence-corrected chi connectivity index (χ0v) is 13.6. The standard InChI is InChI=1S/C20H18ClNO/c1-20(23,16-7-3-2-4-8-16)19(18-9-5-6-14-22-18)15-10-12-17(21)13-11-15/h2-14,19,23H,1H3/t19-,20-/m0/s1. The molecule has 2 atom stereocenters. The molecule has 1 N–H and O–H groups in total. The van der Waals surface area contributed by atoms with Gasteiger partial charge in [0.1, 0.15) is 0 Å². The van der Waals surface area contributed by atoms with Crippen molar-refractivity contribution in [2.45, 2.75) is 18.4 Å². The molecule has 23 heavy (non-hydrogen) atoms. The molecule has 0 bridgehead atoms. The summed E-state index contributed by atoms with van der Waals surface area (Å²) in [6.07, 6.45) is 1.75. The summed E-state index contributed by atoms with van der Waals surface area (Å²) in [4.78, 5) is 4.48. The summed E-state index contributed by atoms with van der Waals surface area (Å²) in [7, 11) is 0. The average molecular weight is 324 g/mol. The molecule has 0 saturated carbocycles. The first-order valence-electron chi connectivity index (χ1n) is 7.53. The second kappa shape index (κ2) is 6.53. The van der Waals surface area contributed by atoms with Crippen LogP contribution in [0.5, 0.6) is 0 Å². The topological polar surface area (TPSA) is 33.1 Å². The highest BCUT2D eigenvalue weighted by molar-refractivity contribution is 6.30. The Balaban J connectivity index is 2.14. The van der Waals surface area contributed by atoms with Crippen LogP contribution in [0.1, 0.15) is 29.7 Å². The highest BCUT2D eigenvalue weighted by Gasteiger charge is 2.36. The quantitative estimate of drug-likeness (QED) is 0.750. The fourth-order valence-electron chi connectivity index (χ4n) is 2.93. The van der Waals surface area contributed by atoms with Crippen molar-refractivity contribution >= 4 is 11.6 Å². The highest BCUT2D eigenvalue weighted by Crippen LogP contribution is 2.40. The van der Waals surface area contributed by atoms with Crippen LogP contribution in [0.3, 0.4) is 0 Å². The summed E-state index contributed by atoms with van der Waals surface area (Å²) in [5, 5.41) is 12.0. The number of nitrogens with zero attached hydrogens (tertiary/aromatic N) is 1. The van der Waals surface area contributed by atoms with Gasteiger partial charge in [-0.3, -0.25) is 4.98 Å². The van der Waals surface area contributed by atoms with Gasteiger partial charge in [0.25, 0.3) is 0 Å². The van der Waals surface area contributed by atoms with Gasteiger partial charge >= 0.3 is 0 Å². The van der Waals surface area contributed by atoms with Crippen molar-refractivity contribution in [2.24, 2.45) is 0 Å². The summed E-state index contributed by atoms with van der Waals surface area (Å²) >= 11 is 6.02. The Kier molecular flexibility index (Phi) is 4.46. The maximum Gasteiger partial charge on any atom is 0.0992 e. The number of benzene rings is 2. The van der Waals surface area contributed by atoms with Crippen molar-refractivity contribution in [3.05, 3.63) is 101 Å². The van der Waals surface area contributed by atoms with Gasteiger partial charge in [-0.2, -0.15) is 0 Å². The van der Waals surface area contributed by atoms with Gasteiger partial charge in [-0.25, -0.2) is 0 Å². The Morgan fingerprint density at radius 1 is 0.913 bits per heavy atom. The number of aromatic nitrogens is 1. The third-order valence-electron chi connectivity index (χ3n) is 4.11. The van der Waals surface area contributed by atoms with Crippen molar-refractivity contribution in [1.82, 2.24) is 4.98 Å². The van der Waals surface area contributed by atoms with Crippen LogP contribution in [-0.2, 0) is 5.60 Å². The zero-order valence-electron chi connectivity index (χ0n) is 12.9. The van der Waals surface area contributed by atoms with E-state index in [2.05, 4.69) is 4.98 Å². The molecule has 0 aliphatic rings. The summed E-state index contributed by atoms with van der Waals surface area (Å²) in [5.41, 5.74) is 1.56. The maximum absolute atomic E-state index is 11.3. The minimum Gasteiger partial charge on any atom is -0.384 e. The molecule has 2 aromatic carbocycles. The highest BCUT2D eigenvalue weighted by atomic mass is 35.5. The van der Waals surface area contributed by atoms with E-state index in [1.54, 1.807) is 6.20 Å². The van der Waals surface area contributed by atoms with Crippen LogP contribution in [0.4, 0.5) is 0 Å². The summed E-state index contributed by atoms with van der Waals surface area (Å²) in [6, 6.07) is 23.0. The fraction of sp³-hybridized carbons (Fsp3) is 0.150. The molecule has 0 aliphatic heterocycles. The Bertz CT molecular complexity index is 755. The first-order valence-corrected chi connectivity index (χ1v) is 7.91. The number of aliphatic hydroxyl groups is 1. The van der Waals surface area contributed by atoms with Crippen LogP contribution in [-0.4, -0.2) is 10.1 Å². The molecule has 1 heterocycles. The molecule has 116 valence electrons. The molecule has 0 radical (unpaired) electrons. The Hall–Kier alpha value is -2.16. The van der Waals surface area contributed by atoms with Crippen molar-refractivity contribution in [3.8, 4) is 0 Å². The second-order valence-electron chi connectivity index (χ2n) is 5.75. The number of rotatable bonds is 4. The first-order chi connectivity index (χ1) is 11.1. The lowest BCUT2D eigenvalue weighted by atomic mass is 9.76. The number of hydrogen-bond donors (Lipinski definition) is 1. The van der Waals surface area contributed by atoms with E-state index in [0.717, 1.165) is 16.8 Å². The van der Waals surface area contributed by atoms with Gasteiger partial charge in [0.05, 0.1) is 17.2 Å². The molecule has 0 aliphatic carbocycles. The SMILES string of the molecule is C[C@](O)(c1ccccc1)[C@@H](c1ccc(Cl)cc1)c1ccccn1. The monoisotopic (exact) mass is 323 g/mol. The van der Waals surface area contributed by atoms with E-state index in [9.17, 15) is 5.11 Å². The zero-order chi connectivity index (χ0) is 16.3. The third-order valence-corrected chi connectivity index (χ3v) is 4.36. The number of pyridine rings is 1. The average Bonchev–Trinajstić information content (AvgIpc) is 2.58. The number of halogens is 1. The Morgan fingerprint density at radius 2 is 1.57 bits per heavy atom.